The van der Waals surface area contributed by atoms with Crippen LogP contribution in [0.1, 0.15) is 18.4 Å². The van der Waals surface area contributed by atoms with Gasteiger partial charge in [0, 0.05) is 18.3 Å². The number of carbonyl (C=O) groups excluding carboxylic acids is 1. The molecule has 1 fully saturated rings. The molecular formula is C15H20N2OS. The molecule has 0 bridgehead atoms. The van der Waals surface area contributed by atoms with Gasteiger partial charge in [-0.05, 0) is 54.0 Å². The van der Waals surface area contributed by atoms with Gasteiger partial charge in [0.1, 0.15) is 0 Å². The number of benzene rings is 1. The van der Waals surface area contributed by atoms with Crippen LogP contribution in [-0.2, 0) is 4.79 Å². The monoisotopic (exact) mass is 276 g/mol. The van der Waals surface area contributed by atoms with Crippen LogP contribution in [0.3, 0.4) is 0 Å². The van der Waals surface area contributed by atoms with Crippen molar-refractivity contribution in [1.82, 2.24) is 5.32 Å². The number of thioether (sulfide) groups is 1. The number of anilines is 1. The number of rotatable bonds is 4. The summed E-state index contributed by atoms with van der Waals surface area (Å²) in [7, 11) is 0. The number of nitrogens with two attached hydrogens (primary N) is 1. The van der Waals surface area contributed by atoms with Crippen LogP contribution in [0.15, 0.2) is 30.3 Å². The first-order chi connectivity index (χ1) is 9.24. The topological polar surface area (TPSA) is 55.1 Å². The largest absolute Gasteiger partial charge is 0.399 e. The highest BCUT2D eigenvalue weighted by atomic mass is 32.2. The highest BCUT2D eigenvalue weighted by molar-refractivity contribution is 7.99. The molecule has 1 aromatic carbocycles. The van der Waals surface area contributed by atoms with Gasteiger partial charge in [0.05, 0.1) is 0 Å². The second-order valence-corrected chi connectivity index (χ2v) is 6.03. The van der Waals surface area contributed by atoms with Crippen molar-refractivity contribution in [3.8, 4) is 0 Å². The summed E-state index contributed by atoms with van der Waals surface area (Å²) in [5.74, 6) is 3.06. The molecule has 1 aliphatic rings. The van der Waals surface area contributed by atoms with Gasteiger partial charge in [-0.25, -0.2) is 0 Å². The quantitative estimate of drug-likeness (QED) is 0.656. The Balaban J connectivity index is 1.77. The SMILES string of the molecule is Nc1cccc(/C=C/C(=O)NCC2CCSCC2)c1. The molecule has 3 N–H and O–H groups in total. The molecule has 0 aliphatic carbocycles. The van der Waals surface area contributed by atoms with Crippen LogP contribution >= 0.6 is 11.8 Å². The first-order valence-electron chi connectivity index (χ1n) is 6.63. The van der Waals surface area contributed by atoms with Gasteiger partial charge < -0.3 is 11.1 Å². The van der Waals surface area contributed by atoms with Crippen LogP contribution < -0.4 is 11.1 Å². The zero-order valence-electron chi connectivity index (χ0n) is 11.0. The van der Waals surface area contributed by atoms with Crippen molar-refractivity contribution in [3.05, 3.63) is 35.9 Å². The lowest BCUT2D eigenvalue weighted by Gasteiger charge is -2.21. The molecule has 0 unspecified atom stereocenters. The van der Waals surface area contributed by atoms with Crippen molar-refractivity contribution in [1.29, 1.82) is 0 Å². The summed E-state index contributed by atoms with van der Waals surface area (Å²) in [5.41, 5.74) is 7.34. The van der Waals surface area contributed by atoms with E-state index in [-0.39, 0.29) is 5.91 Å². The van der Waals surface area contributed by atoms with Crippen molar-refractivity contribution in [3.63, 3.8) is 0 Å². The summed E-state index contributed by atoms with van der Waals surface area (Å²) in [6.07, 6.45) is 5.79. The molecule has 3 nitrogen and oxygen atoms in total. The van der Waals surface area contributed by atoms with Crippen molar-refractivity contribution >= 4 is 29.4 Å². The Kier molecular flexibility index (Phi) is 5.33. The van der Waals surface area contributed by atoms with Crippen LogP contribution in [0.2, 0.25) is 0 Å². The second kappa shape index (κ2) is 7.24. The van der Waals surface area contributed by atoms with Crippen molar-refractivity contribution < 1.29 is 4.79 Å². The Morgan fingerprint density at radius 3 is 2.95 bits per heavy atom. The van der Waals surface area contributed by atoms with Gasteiger partial charge in [0.25, 0.3) is 0 Å². The predicted molar refractivity (Wildman–Crippen MR) is 82.9 cm³/mol. The van der Waals surface area contributed by atoms with Gasteiger partial charge in [-0.3, -0.25) is 4.79 Å². The second-order valence-electron chi connectivity index (χ2n) is 4.80. The number of carbonyl (C=O) groups is 1. The lowest BCUT2D eigenvalue weighted by Crippen LogP contribution is -2.29. The summed E-state index contributed by atoms with van der Waals surface area (Å²) in [4.78, 5) is 11.7. The third-order valence-electron chi connectivity index (χ3n) is 3.24. The van der Waals surface area contributed by atoms with Crippen molar-refractivity contribution in [2.75, 3.05) is 23.8 Å². The zero-order chi connectivity index (χ0) is 13.5. The minimum absolute atomic E-state index is 0.0272. The van der Waals surface area contributed by atoms with E-state index in [1.165, 1.54) is 24.3 Å². The van der Waals surface area contributed by atoms with Gasteiger partial charge in [0.2, 0.25) is 5.91 Å². The third kappa shape index (κ3) is 4.99. The Bertz CT molecular complexity index is 453. The summed E-state index contributed by atoms with van der Waals surface area (Å²) < 4.78 is 0. The van der Waals surface area contributed by atoms with Crippen LogP contribution in [0.4, 0.5) is 5.69 Å². The maximum absolute atomic E-state index is 11.7. The Morgan fingerprint density at radius 1 is 1.42 bits per heavy atom. The molecule has 19 heavy (non-hydrogen) atoms. The molecule has 102 valence electrons. The Hall–Kier alpha value is -1.42. The van der Waals surface area contributed by atoms with Crippen LogP contribution in [0.25, 0.3) is 6.08 Å². The van der Waals surface area contributed by atoms with E-state index in [1.54, 1.807) is 12.2 Å². The maximum Gasteiger partial charge on any atom is 0.244 e. The average molecular weight is 276 g/mol. The molecule has 1 saturated heterocycles. The zero-order valence-corrected chi connectivity index (χ0v) is 11.8. The summed E-state index contributed by atoms with van der Waals surface area (Å²) in [6, 6.07) is 7.49. The average Bonchev–Trinajstić information content (AvgIpc) is 2.44. The molecule has 0 spiro atoms. The minimum Gasteiger partial charge on any atom is -0.399 e. The third-order valence-corrected chi connectivity index (χ3v) is 4.29. The van der Waals surface area contributed by atoms with Gasteiger partial charge in [0.15, 0.2) is 0 Å². The maximum atomic E-state index is 11.7. The number of hydrogen-bond acceptors (Lipinski definition) is 3. The molecule has 2 rings (SSSR count). The van der Waals surface area contributed by atoms with E-state index >= 15 is 0 Å². The van der Waals surface area contributed by atoms with E-state index in [0.717, 1.165) is 12.1 Å². The van der Waals surface area contributed by atoms with E-state index in [2.05, 4.69) is 5.32 Å². The lowest BCUT2D eigenvalue weighted by molar-refractivity contribution is -0.116. The molecule has 1 aliphatic heterocycles. The standard InChI is InChI=1S/C15H20N2OS/c16-14-3-1-2-12(10-14)4-5-15(18)17-11-13-6-8-19-9-7-13/h1-5,10,13H,6-9,11,16H2,(H,17,18)/b5-4+. The van der Waals surface area contributed by atoms with E-state index in [1.807, 2.05) is 36.0 Å². The van der Waals surface area contributed by atoms with Gasteiger partial charge >= 0.3 is 0 Å². The highest BCUT2D eigenvalue weighted by Crippen LogP contribution is 2.21. The molecule has 0 radical (unpaired) electrons. The molecule has 0 aromatic heterocycles. The molecular weight excluding hydrogens is 256 g/mol. The van der Waals surface area contributed by atoms with E-state index in [4.69, 9.17) is 5.73 Å². The van der Waals surface area contributed by atoms with E-state index < -0.39 is 0 Å². The summed E-state index contributed by atoms with van der Waals surface area (Å²) in [6.45, 7) is 0.792. The van der Waals surface area contributed by atoms with Crippen molar-refractivity contribution in [2.45, 2.75) is 12.8 Å². The van der Waals surface area contributed by atoms with Crippen LogP contribution in [-0.4, -0.2) is 24.0 Å². The lowest BCUT2D eigenvalue weighted by atomic mass is 10.0. The van der Waals surface area contributed by atoms with E-state index in [0.29, 0.717) is 11.6 Å². The highest BCUT2D eigenvalue weighted by Gasteiger charge is 2.13. The van der Waals surface area contributed by atoms with Crippen molar-refractivity contribution in [2.24, 2.45) is 5.92 Å². The fourth-order valence-electron chi connectivity index (χ4n) is 2.09. The number of nitrogen functional groups attached to an aromatic ring is 1. The first-order valence-corrected chi connectivity index (χ1v) is 7.79. The Morgan fingerprint density at radius 2 is 2.21 bits per heavy atom. The number of nitrogens with one attached hydrogen (secondary N) is 1. The Labute approximate surface area is 118 Å². The van der Waals surface area contributed by atoms with Crippen LogP contribution in [0, 0.1) is 5.92 Å². The predicted octanol–water partition coefficient (Wildman–Crippen LogP) is 2.54. The summed E-state index contributed by atoms with van der Waals surface area (Å²) >= 11 is 2.00. The summed E-state index contributed by atoms with van der Waals surface area (Å²) in [5, 5.41) is 2.97. The number of amides is 1. The molecule has 4 heteroatoms. The number of hydrogen-bond donors (Lipinski definition) is 2. The van der Waals surface area contributed by atoms with Gasteiger partial charge in [-0.1, -0.05) is 12.1 Å². The normalized spacial score (nSPS) is 16.6. The molecule has 1 heterocycles. The van der Waals surface area contributed by atoms with E-state index in [9.17, 15) is 4.79 Å². The van der Waals surface area contributed by atoms with Gasteiger partial charge in [-0.2, -0.15) is 11.8 Å². The fraction of sp³-hybridized carbons (Fsp3) is 0.400. The molecule has 1 amide bonds. The smallest absolute Gasteiger partial charge is 0.244 e. The molecule has 0 atom stereocenters. The fourth-order valence-corrected chi connectivity index (χ4v) is 3.29. The minimum atomic E-state index is -0.0272. The van der Waals surface area contributed by atoms with Crippen LogP contribution in [0.5, 0.6) is 0 Å². The molecule has 1 aromatic rings. The van der Waals surface area contributed by atoms with Gasteiger partial charge in [-0.15, -0.1) is 0 Å². The first kappa shape index (κ1) is 14.0. The molecule has 0 saturated carbocycles.